The minimum absolute atomic E-state index is 0.186. The average Bonchev–Trinajstić information content (AvgIpc) is 2.48. The SMILES string of the molecule is Cc1ccc2c(=O)c(C(=O)N3CCSCC3)c[nH]c2n1. The van der Waals surface area contributed by atoms with Gasteiger partial charge in [0.2, 0.25) is 5.43 Å². The van der Waals surface area contributed by atoms with Gasteiger partial charge in [-0.15, -0.1) is 0 Å². The highest BCUT2D eigenvalue weighted by molar-refractivity contribution is 7.99. The third-order valence-electron chi connectivity index (χ3n) is 3.41. The molecule has 20 heavy (non-hydrogen) atoms. The van der Waals surface area contributed by atoms with Crippen LogP contribution in [0, 0.1) is 6.92 Å². The summed E-state index contributed by atoms with van der Waals surface area (Å²) >= 11 is 1.83. The monoisotopic (exact) mass is 289 g/mol. The molecule has 0 bridgehead atoms. The molecule has 0 aromatic carbocycles. The number of fused-ring (bicyclic) bond motifs is 1. The standard InChI is InChI=1S/C14H15N3O2S/c1-9-2-3-10-12(18)11(8-15-13(10)16-9)14(19)17-4-6-20-7-5-17/h2-3,8H,4-7H2,1H3,(H,15,16,18). The number of rotatable bonds is 1. The molecule has 3 heterocycles. The van der Waals surface area contributed by atoms with E-state index in [0.29, 0.717) is 24.1 Å². The molecule has 2 aromatic heterocycles. The van der Waals surface area contributed by atoms with Gasteiger partial charge in [0.15, 0.2) is 0 Å². The van der Waals surface area contributed by atoms with Crippen molar-refractivity contribution in [2.45, 2.75) is 6.92 Å². The van der Waals surface area contributed by atoms with Crippen LogP contribution < -0.4 is 5.43 Å². The Bertz CT molecular complexity index is 720. The highest BCUT2D eigenvalue weighted by atomic mass is 32.2. The van der Waals surface area contributed by atoms with Crippen LogP contribution in [0.15, 0.2) is 23.1 Å². The number of H-pyrrole nitrogens is 1. The number of pyridine rings is 2. The zero-order valence-electron chi connectivity index (χ0n) is 11.2. The van der Waals surface area contributed by atoms with Crippen molar-refractivity contribution in [2.24, 2.45) is 0 Å². The lowest BCUT2D eigenvalue weighted by atomic mass is 10.1. The highest BCUT2D eigenvalue weighted by Crippen LogP contribution is 2.13. The first-order valence-corrected chi connectivity index (χ1v) is 7.68. The van der Waals surface area contributed by atoms with Crippen molar-refractivity contribution in [3.63, 3.8) is 0 Å². The number of nitrogens with zero attached hydrogens (tertiary/aromatic N) is 2. The quantitative estimate of drug-likeness (QED) is 0.862. The number of carbonyl (C=O) groups excluding carboxylic acids is 1. The molecular weight excluding hydrogens is 274 g/mol. The molecule has 2 aromatic rings. The molecule has 1 fully saturated rings. The Balaban J connectivity index is 2.03. The summed E-state index contributed by atoms with van der Waals surface area (Å²) in [6.07, 6.45) is 1.49. The van der Waals surface area contributed by atoms with Crippen LogP contribution >= 0.6 is 11.8 Å². The molecule has 1 amide bonds. The van der Waals surface area contributed by atoms with Crippen LogP contribution in [0.4, 0.5) is 0 Å². The van der Waals surface area contributed by atoms with Crippen molar-refractivity contribution < 1.29 is 4.79 Å². The summed E-state index contributed by atoms with van der Waals surface area (Å²) in [6, 6.07) is 3.50. The smallest absolute Gasteiger partial charge is 0.259 e. The zero-order chi connectivity index (χ0) is 14.1. The highest BCUT2D eigenvalue weighted by Gasteiger charge is 2.21. The molecule has 0 aliphatic carbocycles. The van der Waals surface area contributed by atoms with E-state index in [4.69, 9.17) is 0 Å². The van der Waals surface area contributed by atoms with Gasteiger partial charge in [-0.05, 0) is 19.1 Å². The summed E-state index contributed by atoms with van der Waals surface area (Å²) in [5.74, 6) is 1.67. The average molecular weight is 289 g/mol. The molecule has 0 radical (unpaired) electrons. The fourth-order valence-corrected chi connectivity index (χ4v) is 3.20. The number of thioether (sulfide) groups is 1. The summed E-state index contributed by atoms with van der Waals surface area (Å²) in [6.45, 7) is 3.27. The first-order chi connectivity index (χ1) is 9.66. The lowest BCUT2D eigenvalue weighted by Gasteiger charge is -2.26. The van der Waals surface area contributed by atoms with E-state index in [1.54, 1.807) is 17.0 Å². The van der Waals surface area contributed by atoms with Crippen LogP contribution in [0.2, 0.25) is 0 Å². The van der Waals surface area contributed by atoms with Crippen molar-refractivity contribution in [1.82, 2.24) is 14.9 Å². The van der Waals surface area contributed by atoms with E-state index >= 15 is 0 Å². The molecule has 1 N–H and O–H groups in total. The molecule has 0 atom stereocenters. The topological polar surface area (TPSA) is 66.1 Å². The van der Waals surface area contributed by atoms with Crippen LogP contribution in [-0.2, 0) is 0 Å². The maximum atomic E-state index is 12.4. The van der Waals surface area contributed by atoms with Crippen molar-refractivity contribution >= 4 is 28.7 Å². The van der Waals surface area contributed by atoms with Gasteiger partial charge in [0.25, 0.3) is 5.91 Å². The summed E-state index contributed by atoms with van der Waals surface area (Å²) < 4.78 is 0. The van der Waals surface area contributed by atoms with Crippen LogP contribution in [0.5, 0.6) is 0 Å². The molecule has 1 saturated heterocycles. The maximum Gasteiger partial charge on any atom is 0.259 e. The molecule has 6 heteroatoms. The Morgan fingerprint density at radius 2 is 2.10 bits per heavy atom. The van der Waals surface area contributed by atoms with Gasteiger partial charge < -0.3 is 9.88 Å². The van der Waals surface area contributed by atoms with Crippen LogP contribution in [-0.4, -0.2) is 45.4 Å². The van der Waals surface area contributed by atoms with E-state index in [-0.39, 0.29) is 16.9 Å². The zero-order valence-corrected chi connectivity index (χ0v) is 12.0. The molecule has 1 aliphatic rings. The Morgan fingerprint density at radius 3 is 2.85 bits per heavy atom. The number of nitrogens with one attached hydrogen (secondary N) is 1. The molecule has 0 spiro atoms. The lowest BCUT2D eigenvalue weighted by molar-refractivity contribution is 0.0771. The minimum atomic E-state index is -0.241. The Hall–Kier alpha value is -1.82. The van der Waals surface area contributed by atoms with Crippen LogP contribution in [0.1, 0.15) is 16.1 Å². The Labute approximate surface area is 120 Å². The molecule has 0 unspecified atom stereocenters. The number of amides is 1. The molecule has 0 saturated carbocycles. The minimum Gasteiger partial charge on any atom is -0.345 e. The van der Waals surface area contributed by atoms with Crippen molar-refractivity contribution in [1.29, 1.82) is 0 Å². The van der Waals surface area contributed by atoms with E-state index in [2.05, 4.69) is 9.97 Å². The third-order valence-corrected chi connectivity index (χ3v) is 4.35. The first-order valence-electron chi connectivity index (χ1n) is 6.53. The van der Waals surface area contributed by atoms with Gasteiger partial charge in [0.05, 0.1) is 5.39 Å². The van der Waals surface area contributed by atoms with E-state index < -0.39 is 0 Å². The largest absolute Gasteiger partial charge is 0.345 e. The van der Waals surface area contributed by atoms with Crippen molar-refractivity contribution in [3.05, 3.63) is 39.8 Å². The first kappa shape index (κ1) is 13.2. The Morgan fingerprint density at radius 1 is 1.35 bits per heavy atom. The van der Waals surface area contributed by atoms with Crippen LogP contribution in [0.25, 0.3) is 11.0 Å². The predicted molar refractivity (Wildman–Crippen MR) is 80.3 cm³/mol. The van der Waals surface area contributed by atoms with Gasteiger partial charge in [0.1, 0.15) is 11.2 Å². The molecule has 1 aliphatic heterocycles. The maximum absolute atomic E-state index is 12.4. The number of aromatic nitrogens is 2. The summed E-state index contributed by atoms with van der Waals surface area (Å²) in [4.78, 5) is 33.8. The fourth-order valence-electron chi connectivity index (χ4n) is 2.30. The molecule has 5 nitrogen and oxygen atoms in total. The van der Waals surface area contributed by atoms with E-state index in [0.717, 1.165) is 17.2 Å². The van der Waals surface area contributed by atoms with Gasteiger partial charge in [-0.2, -0.15) is 11.8 Å². The van der Waals surface area contributed by atoms with E-state index in [1.165, 1.54) is 6.20 Å². The normalized spacial score (nSPS) is 15.6. The van der Waals surface area contributed by atoms with Crippen molar-refractivity contribution in [2.75, 3.05) is 24.6 Å². The molecule has 104 valence electrons. The van der Waals surface area contributed by atoms with Gasteiger partial charge in [-0.1, -0.05) is 0 Å². The predicted octanol–water partition coefficient (Wildman–Crippen LogP) is 1.42. The second-order valence-corrected chi connectivity index (χ2v) is 6.01. The summed E-state index contributed by atoms with van der Waals surface area (Å²) in [5, 5.41) is 0.466. The Kier molecular flexibility index (Phi) is 3.48. The fraction of sp³-hybridized carbons (Fsp3) is 0.357. The summed E-state index contributed by atoms with van der Waals surface area (Å²) in [7, 11) is 0. The molecule has 3 rings (SSSR count). The number of aromatic amines is 1. The van der Waals surface area contributed by atoms with Gasteiger partial charge in [-0.25, -0.2) is 4.98 Å². The number of hydrogen-bond acceptors (Lipinski definition) is 4. The van der Waals surface area contributed by atoms with Crippen LogP contribution in [0.3, 0.4) is 0 Å². The van der Waals surface area contributed by atoms with E-state index in [1.807, 2.05) is 18.7 Å². The van der Waals surface area contributed by atoms with E-state index in [9.17, 15) is 9.59 Å². The van der Waals surface area contributed by atoms with Crippen molar-refractivity contribution in [3.8, 4) is 0 Å². The summed E-state index contributed by atoms with van der Waals surface area (Å²) in [5.41, 5.74) is 1.32. The molecular formula is C14H15N3O2S. The number of carbonyl (C=O) groups is 1. The van der Waals surface area contributed by atoms with Gasteiger partial charge in [0, 0.05) is 36.5 Å². The second kappa shape index (κ2) is 5.28. The number of hydrogen-bond donors (Lipinski definition) is 1. The third kappa shape index (κ3) is 2.31. The lowest BCUT2D eigenvalue weighted by Crippen LogP contribution is -2.40. The number of aryl methyl sites for hydroxylation is 1. The van der Waals surface area contributed by atoms with Gasteiger partial charge in [-0.3, -0.25) is 9.59 Å². The second-order valence-electron chi connectivity index (χ2n) is 4.78. The van der Waals surface area contributed by atoms with Gasteiger partial charge >= 0.3 is 0 Å².